The van der Waals surface area contributed by atoms with Gasteiger partial charge in [-0.3, -0.25) is 4.79 Å². The third-order valence-corrected chi connectivity index (χ3v) is 3.76. The lowest BCUT2D eigenvalue weighted by molar-refractivity contribution is -0.137. The molecule has 0 spiro atoms. The molecule has 1 unspecified atom stereocenters. The predicted molar refractivity (Wildman–Crippen MR) is 99.9 cm³/mol. The van der Waals surface area contributed by atoms with E-state index in [0.717, 1.165) is 23.1 Å². The van der Waals surface area contributed by atoms with Gasteiger partial charge in [-0.2, -0.15) is 4.80 Å². The Bertz CT molecular complexity index is 1070. The quantitative estimate of drug-likeness (QED) is 0.489. The zero-order valence-electron chi connectivity index (χ0n) is 15.5. The molecule has 3 N–H and O–H groups in total. The Hall–Kier alpha value is -3.32. The number of pyridine rings is 1. The number of hydrogen-bond acceptors (Lipinski definition) is 7. The predicted octanol–water partition coefficient (Wildman–Crippen LogP) is 2.97. The van der Waals surface area contributed by atoms with E-state index >= 15 is 0 Å². The van der Waals surface area contributed by atoms with Gasteiger partial charge in [0.1, 0.15) is 0 Å². The molecule has 0 saturated heterocycles. The molecule has 9 nitrogen and oxygen atoms in total. The SMILES string of the molecule is Cl.NC(CC(=O)O)Cn1nnc(-c2ccc(Oc3ncc(C(F)F)cc3F)c(F)c2)n1. The average Bonchev–Trinajstić information content (AvgIpc) is 3.12. The van der Waals surface area contributed by atoms with E-state index in [9.17, 15) is 22.4 Å². The number of rotatable bonds is 8. The first-order valence-electron chi connectivity index (χ1n) is 8.39. The number of aromatic nitrogens is 5. The van der Waals surface area contributed by atoms with Gasteiger partial charge < -0.3 is 15.6 Å². The molecule has 0 saturated carbocycles. The summed E-state index contributed by atoms with van der Waals surface area (Å²) in [6, 6.07) is 3.33. The summed E-state index contributed by atoms with van der Waals surface area (Å²) in [6.45, 7) is -0.0114. The second-order valence-corrected chi connectivity index (χ2v) is 6.13. The number of carboxylic acid groups (broad SMARTS) is 1. The van der Waals surface area contributed by atoms with E-state index in [2.05, 4.69) is 20.4 Å². The van der Waals surface area contributed by atoms with Crippen molar-refractivity contribution in [2.45, 2.75) is 25.4 Å². The van der Waals surface area contributed by atoms with Gasteiger partial charge in [-0.25, -0.2) is 22.5 Å². The molecule has 14 heteroatoms. The van der Waals surface area contributed by atoms with Crippen LogP contribution in [-0.4, -0.2) is 42.3 Å². The van der Waals surface area contributed by atoms with Crippen LogP contribution < -0.4 is 10.5 Å². The zero-order chi connectivity index (χ0) is 21.8. The monoisotopic (exact) mass is 462 g/mol. The molecule has 1 aromatic carbocycles. The van der Waals surface area contributed by atoms with Crippen LogP contribution in [0.4, 0.5) is 17.6 Å². The first-order valence-corrected chi connectivity index (χ1v) is 8.39. The van der Waals surface area contributed by atoms with E-state index in [4.69, 9.17) is 15.6 Å². The van der Waals surface area contributed by atoms with Crippen LogP contribution in [0.5, 0.6) is 11.6 Å². The number of hydrogen-bond donors (Lipinski definition) is 2. The van der Waals surface area contributed by atoms with Crippen molar-refractivity contribution in [1.82, 2.24) is 25.2 Å². The molecular formula is C17H15ClF4N6O3. The molecule has 0 bridgehead atoms. The number of carboxylic acids is 1. The van der Waals surface area contributed by atoms with Crippen LogP contribution in [0.1, 0.15) is 18.4 Å². The third-order valence-electron chi connectivity index (χ3n) is 3.76. The molecule has 0 amide bonds. The summed E-state index contributed by atoms with van der Waals surface area (Å²) in [4.78, 5) is 15.1. The van der Waals surface area contributed by atoms with Gasteiger partial charge in [-0.05, 0) is 29.5 Å². The standard InChI is InChI=1S/C17H14F4N6O3.ClH/c18-11-3-8(16-24-26-27(25-16)7-10(22)5-14(28)29)1-2-13(11)30-17-12(19)4-9(6-23-17)15(20)21;/h1-4,6,10,15H,5,7,22H2,(H,28,29);1H. The summed E-state index contributed by atoms with van der Waals surface area (Å²) >= 11 is 0. The van der Waals surface area contributed by atoms with Gasteiger partial charge in [0.2, 0.25) is 5.82 Å². The van der Waals surface area contributed by atoms with Crippen molar-refractivity contribution in [2.24, 2.45) is 5.73 Å². The second-order valence-electron chi connectivity index (χ2n) is 6.13. The first kappa shape index (κ1) is 24.0. The summed E-state index contributed by atoms with van der Waals surface area (Å²) < 4.78 is 58.3. The summed E-state index contributed by atoms with van der Waals surface area (Å²) in [5, 5.41) is 20.2. The van der Waals surface area contributed by atoms with E-state index in [1.807, 2.05) is 0 Å². The van der Waals surface area contributed by atoms with E-state index in [1.165, 1.54) is 6.07 Å². The highest BCUT2D eigenvalue weighted by atomic mass is 35.5. The molecule has 0 radical (unpaired) electrons. The Kier molecular flexibility index (Phi) is 7.83. The van der Waals surface area contributed by atoms with Gasteiger partial charge >= 0.3 is 5.97 Å². The number of halogens is 5. The fourth-order valence-corrected chi connectivity index (χ4v) is 2.40. The topological polar surface area (TPSA) is 129 Å². The molecule has 3 aromatic rings. The molecule has 31 heavy (non-hydrogen) atoms. The number of tetrazole rings is 1. The number of alkyl halides is 2. The molecule has 0 aliphatic heterocycles. The fourth-order valence-electron chi connectivity index (χ4n) is 2.40. The van der Waals surface area contributed by atoms with E-state index < -0.39 is 47.3 Å². The molecule has 0 aliphatic rings. The number of benzene rings is 1. The van der Waals surface area contributed by atoms with Crippen molar-refractivity contribution in [3.63, 3.8) is 0 Å². The molecular weight excluding hydrogens is 448 g/mol. The summed E-state index contributed by atoms with van der Waals surface area (Å²) in [5.41, 5.74) is 5.22. The van der Waals surface area contributed by atoms with Crippen LogP contribution >= 0.6 is 12.4 Å². The Balaban J connectivity index is 0.00000341. The minimum absolute atomic E-state index is 0. The molecule has 0 aliphatic carbocycles. The highest BCUT2D eigenvalue weighted by Gasteiger charge is 2.17. The van der Waals surface area contributed by atoms with Crippen LogP contribution in [-0.2, 0) is 11.3 Å². The van der Waals surface area contributed by atoms with Gasteiger partial charge in [0.25, 0.3) is 12.3 Å². The van der Waals surface area contributed by atoms with Crippen LogP contribution in [0.15, 0.2) is 30.5 Å². The van der Waals surface area contributed by atoms with Gasteiger partial charge in [0, 0.05) is 23.4 Å². The first-order chi connectivity index (χ1) is 14.2. The maximum atomic E-state index is 14.4. The summed E-state index contributed by atoms with van der Waals surface area (Å²) in [7, 11) is 0. The zero-order valence-corrected chi connectivity index (χ0v) is 16.3. The van der Waals surface area contributed by atoms with Crippen molar-refractivity contribution in [1.29, 1.82) is 0 Å². The average molecular weight is 463 g/mol. The lowest BCUT2D eigenvalue weighted by atomic mass is 10.2. The Labute approximate surface area is 178 Å². The van der Waals surface area contributed by atoms with Crippen LogP contribution in [0.3, 0.4) is 0 Å². The highest BCUT2D eigenvalue weighted by Crippen LogP contribution is 2.29. The molecule has 1 atom stereocenters. The van der Waals surface area contributed by atoms with Gasteiger partial charge in [0.05, 0.1) is 13.0 Å². The number of nitrogens with two attached hydrogens (primary N) is 1. The van der Waals surface area contributed by atoms with Gasteiger partial charge in [0.15, 0.2) is 17.4 Å². The van der Waals surface area contributed by atoms with Crippen LogP contribution in [0.2, 0.25) is 0 Å². The van der Waals surface area contributed by atoms with Gasteiger partial charge in [-0.1, -0.05) is 0 Å². The smallest absolute Gasteiger partial charge is 0.304 e. The highest BCUT2D eigenvalue weighted by molar-refractivity contribution is 5.85. The van der Waals surface area contributed by atoms with E-state index in [0.29, 0.717) is 6.07 Å². The minimum atomic E-state index is -2.91. The Morgan fingerprint density at radius 3 is 2.58 bits per heavy atom. The van der Waals surface area contributed by atoms with Crippen LogP contribution in [0.25, 0.3) is 11.4 Å². The maximum Gasteiger partial charge on any atom is 0.304 e. The Morgan fingerprint density at radius 1 is 1.23 bits per heavy atom. The lowest BCUT2D eigenvalue weighted by Gasteiger charge is -2.08. The molecule has 166 valence electrons. The number of aliphatic carboxylic acids is 1. The number of ether oxygens (including phenoxy) is 1. The summed E-state index contributed by atoms with van der Waals surface area (Å²) in [6.07, 6.45) is -2.47. The van der Waals surface area contributed by atoms with Crippen molar-refractivity contribution >= 4 is 18.4 Å². The number of nitrogens with zero attached hydrogens (tertiary/aromatic N) is 5. The summed E-state index contributed by atoms with van der Waals surface area (Å²) in [5.74, 6) is -4.18. The van der Waals surface area contributed by atoms with Crippen molar-refractivity contribution in [3.05, 3.63) is 47.7 Å². The molecule has 2 heterocycles. The number of carbonyl (C=O) groups is 1. The third kappa shape index (κ3) is 6.08. The van der Waals surface area contributed by atoms with E-state index in [-0.39, 0.29) is 36.8 Å². The van der Waals surface area contributed by atoms with Crippen molar-refractivity contribution in [3.8, 4) is 23.0 Å². The van der Waals surface area contributed by atoms with Crippen molar-refractivity contribution < 1.29 is 32.2 Å². The van der Waals surface area contributed by atoms with Crippen LogP contribution in [0, 0.1) is 11.6 Å². The molecule has 3 rings (SSSR count). The van der Waals surface area contributed by atoms with Crippen molar-refractivity contribution in [2.75, 3.05) is 0 Å². The molecule has 2 aromatic heterocycles. The fraction of sp³-hybridized carbons (Fsp3) is 0.235. The maximum absolute atomic E-state index is 14.4. The minimum Gasteiger partial charge on any atom is -0.481 e. The Morgan fingerprint density at radius 2 is 1.97 bits per heavy atom. The van der Waals surface area contributed by atoms with Gasteiger partial charge in [-0.15, -0.1) is 22.6 Å². The lowest BCUT2D eigenvalue weighted by Crippen LogP contribution is -2.30. The van der Waals surface area contributed by atoms with E-state index in [1.54, 1.807) is 0 Å². The molecule has 0 fully saturated rings. The largest absolute Gasteiger partial charge is 0.481 e. The normalized spacial score (nSPS) is 11.8. The second kappa shape index (κ2) is 10.1.